The van der Waals surface area contributed by atoms with Crippen molar-refractivity contribution in [2.45, 2.75) is 6.61 Å². The summed E-state index contributed by atoms with van der Waals surface area (Å²) in [7, 11) is 0. The summed E-state index contributed by atoms with van der Waals surface area (Å²) in [6.07, 6.45) is 0. The van der Waals surface area contributed by atoms with Crippen molar-refractivity contribution in [3.63, 3.8) is 0 Å². The molecule has 4 nitrogen and oxygen atoms in total. The largest absolute Gasteiger partial charge is 0.485 e. The van der Waals surface area contributed by atoms with Crippen LogP contribution in [-0.4, -0.2) is 5.91 Å². The quantitative estimate of drug-likeness (QED) is 0.428. The van der Waals surface area contributed by atoms with Crippen LogP contribution in [0.2, 0.25) is 0 Å². The van der Waals surface area contributed by atoms with E-state index in [0.717, 1.165) is 21.0 Å². The molecular weight excluding hydrogens is 406 g/mol. The van der Waals surface area contributed by atoms with Crippen LogP contribution >= 0.6 is 15.9 Å². The van der Waals surface area contributed by atoms with Gasteiger partial charge in [0.25, 0.3) is 5.91 Å². The van der Waals surface area contributed by atoms with Gasteiger partial charge in [-0.2, -0.15) is 0 Å². The van der Waals surface area contributed by atoms with Crippen molar-refractivity contribution in [2.75, 3.05) is 5.32 Å². The molecule has 1 aromatic heterocycles. The Balaban J connectivity index is 1.45. The number of furan rings is 1. The van der Waals surface area contributed by atoms with E-state index in [9.17, 15) is 4.79 Å². The van der Waals surface area contributed by atoms with E-state index in [1.165, 1.54) is 0 Å². The number of nitrogens with one attached hydrogen (secondary N) is 1. The van der Waals surface area contributed by atoms with Gasteiger partial charge in [0.05, 0.1) is 5.69 Å². The number of para-hydroxylation sites is 1. The molecule has 1 heterocycles. The molecule has 3 aromatic carbocycles. The van der Waals surface area contributed by atoms with E-state index < -0.39 is 0 Å². The number of fused-ring (bicyclic) bond motifs is 1. The van der Waals surface area contributed by atoms with Crippen LogP contribution in [0, 0.1) is 0 Å². The molecule has 0 saturated carbocycles. The van der Waals surface area contributed by atoms with Crippen LogP contribution < -0.4 is 10.1 Å². The van der Waals surface area contributed by atoms with Crippen LogP contribution in [-0.2, 0) is 6.61 Å². The van der Waals surface area contributed by atoms with E-state index in [1.807, 2.05) is 66.7 Å². The predicted octanol–water partition coefficient (Wildman–Crippen LogP) is 6.03. The van der Waals surface area contributed by atoms with Crippen LogP contribution in [0.1, 0.15) is 16.3 Å². The molecular formula is C22H16BrNO3. The monoisotopic (exact) mass is 421 g/mol. The molecule has 0 radical (unpaired) electrons. The molecule has 0 aliphatic heterocycles. The molecule has 0 atom stereocenters. The Morgan fingerprint density at radius 1 is 0.926 bits per heavy atom. The first-order valence-electron chi connectivity index (χ1n) is 8.46. The number of hydrogen-bond donors (Lipinski definition) is 1. The van der Waals surface area contributed by atoms with Crippen LogP contribution in [0.15, 0.2) is 87.8 Å². The van der Waals surface area contributed by atoms with Gasteiger partial charge in [-0.3, -0.25) is 4.79 Å². The first-order chi connectivity index (χ1) is 13.2. The Hall–Kier alpha value is -3.05. The summed E-state index contributed by atoms with van der Waals surface area (Å²) in [5, 5.41) is 4.97. The standard InChI is InChI=1S/C22H16BrNO3/c23-18-9-3-4-10-19(18)24-22(25)21-13-12-16(27-21)14-26-20-11-5-7-15-6-1-2-8-17(15)20/h1-13H,14H2,(H,24,25). The average molecular weight is 422 g/mol. The van der Waals surface area contributed by atoms with Gasteiger partial charge < -0.3 is 14.5 Å². The number of carbonyl (C=O) groups is 1. The molecule has 0 saturated heterocycles. The van der Waals surface area contributed by atoms with Gasteiger partial charge in [0.1, 0.15) is 18.1 Å². The fraction of sp³-hybridized carbons (Fsp3) is 0.0455. The number of ether oxygens (including phenoxy) is 1. The lowest BCUT2D eigenvalue weighted by molar-refractivity contribution is 0.0992. The van der Waals surface area contributed by atoms with Crippen molar-refractivity contribution >= 4 is 38.3 Å². The second-order valence-electron chi connectivity index (χ2n) is 5.97. The maximum atomic E-state index is 12.4. The van der Waals surface area contributed by atoms with Gasteiger partial charge in [0.2, 0.25) is 0 Å². The number of hydrogen-bond acceptors (Lipinski definition) is 3. The van der Waals surface area contributed by atoms with Gasteiger partial charge >= 0.3 is 0 Å². The number of amides is 1. The van der Waals surface area contributed by atoms with Gasteiger partial charge in [-0.25, -0.2) is 0 Å². The summed E-state index contributed by atoms with van der Waals surface area (Å²) >= 11 is 3.41. The van der Waals surface area contributed by atoms with Crippen LogP contribution in [0.25, 0.3) is 10.8 Å². The van der Waals surface area contributed by atoms with Crippen LogP contribution in [0.5, 0.6) is 5.75 Å². The maximum Gasteiger partial charge on any atom is 0.291 e. The Morgan fingerprint density at radius 2 is 1.70 bits per heavy atom. The van der Waals surface area contributed by atoms with E-state index in [0.29, 0.717) is 11.4 Å². The number of carbonyl (C=O) groups excluding carboxylic acids is 1. The van der Waals surface area contributed by atoms with E-state index in [4.69, 9.17) is 9.15 Å². The molecule has 0 aliphatic rings. The van der Waals surface area contributed by atoms with Crippen molar-refractivity contribution in [1.29, 1.82) is 0 Å². The van der Waals surface area contributed by atoms with Crippen molar-refractivity contribution in [3.05, 3.63) is 94.9 Å². The average Bonchev–Trinajstić information content (AvgIpc) is 3.17. The topological polar surface area (TPSA) is 51.5 Å². The number of benzene rings is 3. The molecule has 4 rings (SSSR count). The van der Waals surface area contributed by atoms with Gasteiger partial charge in [-0.1, -0.05) is 48.5 Å². The predicted molar refractivity (Wildman–Crippen MR) is 109 cm³/mol. The Bertz CT molecular complexity index is 1100. The van der Waals surface area contributed by atoms with Crippen molar-refractivity contribution in [2.24, 2.45) is 0 Å². The third-order valence-electron chi connectivity index (χ3n) is 4.13. The zero-order valence-electron chi connectivity index (χ0n) is 14.3. The SMILES string of the molecule is O=C(Nc1ccccc1Br)c1ccc(COc2cccc3ccccc23)o1. The highest BCUT2D eigenvalue weighted by atomic mass is 79.9. The zero-order valence-corrected chi connectivity index (χ0v) is 15.9. The Labute approximate surface area is 164 Å². The van der Waals surface area contributed by atoms with E-state index in [-0.39, 0.29) is 18.3 Å². The second kappa shape index (κ2) is 7.68. The highest BCUT2D eigenvalue weighted by molar-refractivity contribution is 9.10. The Kier molecular flexibility index (Phi) is 4.94. The summed E-state index contributed by atoms with van der Waals surface area (Å²) in [5.41, 5.74) is 0.687. The molecule has 134 valence electrons. The summed E-state index contributed by atoms with van der Waals surface area (Å²) < 4.78 is 12.4. The summed E-state index contributed by atoms with van der Waals surface area (Å²) in [6.45, 7) is 0.246. The molecule has 0 aliphatic carbocycles. The minimum Gasteiger partial charge on any atom is -0.485 e. The van der Waals surface area contributed by atoms with Crippen molar-refractivity contribution in [3.8, 4) is 5.75 Å². The molecule has 0 bridgehead atoms. The third-order valence-corrected chi connectivity index (χ3v) is 4.82. The maximum absolute atomic E-state index is 12.4. The van der Waals surface area contributed by atoms with Gasteiger partial charge in [-0.05, 0) is 51.6 Å². The van der Waals surface area contributed by atoms with E-state index in [2.05, 4.69) is 21.2 Å². The lowest BCUT2D eigenvalue weighted by Gasteiger charge is -2.08. The van der Waals surface area contributed by atoms with Crippen LogP contribution in [0.3, 0.4) is 0 Å². The molecule has 27 heavy (non-hydrogen) atoms. The second-order valence-corrected chi connectivity index (χ2v) is 6.82. The van der Waals surface area contributed by atoms with Gasteiger partial charge in [-0.15, -0.1) is 0 Å². The molecule has 0 unspecified atom stereocenters. The fourth-order valence-corrected chi connectivity index (χ4v) is 3.18. The number of rotatable bonds is 5. The summed E-state index contributed by atoms with van der Waals surface area (Å²) in [6, 6.07) is 24.8. The van der Waals surface area contributed by atoms with E-state index >= 15 is 0 Å². The normalized spacial score (nSPS) is 10.7. The highest BCUT2D eigenvalue weighted by Crippen LogP contribution is 2.26. The lowest BCUT2D eigenvalue weighted by atomic mass is 10.1. The Morgan fingerprint density at radius 3 is 2.59 bits per heavy atom. The molecule has 0 fully saturated rings. The van der Waals surface area contributed by atoms with Crippen molar-refractivity contribution < 1.29 is 13.9 Å². The molecule has 0 spiro atoms. The summed E-state index contributed by atoms with van der Waals surface area (Å²) in [4.78, 5) is 12.4. The molecule has 1 N–H and O–H groups in total. The minimum atomic E-state index is -0.307. The third kappa shape index (κ3) is 3.88. The lowest BCUT2D eigenvalue weighted by Crippen LogP contribution is -2.11. The number of anilines is 1. The van der Waals surface area contributed by atoms with E-state index in [1.54, 1.807) is 12.1 Å². The molecule has 5 heteroatoms. The summed E-state index contributed by atoms with van der Waals surface area (Å²) in [5.74, 6) is 1.30. The smallest absolute Gasteiger partial charge is 0.291 e. The first-order valence-corrected chi connectivity index (χ1v) is 9.25. The van der Waals surface area contributed by atoms with Crippen LogP contribution in [0.4, 0.5) is 5.69 Å². The van der Waals surface area contributed by atoms with Gasteiger partial charge in [0, 0.05) is 9.86 Å². The highest BCUT2D eigenvalue weighted by Gasteiger charge is 2.13. The zero-order chi connectivity index (χ0) is 18.6. The fourth-order valence-electron chi connectivity index (χ4n) is 2.79. The van der Waals surface area contributed by atoms with Gasteiger partial charge in [0.15, 0.2) is 5.76 Å². The minimum absolute atomic E-state index is 0.238. The molecule has 1 amide bonds. The molecule has 4 aromatic rings. The first kappa shape index (κ1) is 17.4. The van der Waals surface area contributed by atoms with Crippen molar-refractivity contribution in [1.82, 2.24) is 0 Å². The number of halogens is 1.